The normalized spacial score (nSPS) is 14.5. The van der Waals surface area contributed by atoms with Gasteiger partial charge in [0.2, 0.25) is 11.8 Å². The average Bonchev–Trinajstić information content (AvgIpc) is 3.13. The number of hydrogen-bond acceptors (Lipinski definition) is 6. The third kappa shape index (κ3) is 5.06. The monoisotopic (exact) mass is 440 g/mol. The number of hydrogen-bond donors (Lipinski definition) is 0. The number of anilines is 1. The number of ether oxygens (including phenoxy) is 1. The van der Waals surface area contributed by atoms with Gasteiger partial charge >= 0.3 is 6.18 Å². The number of likely N-dealkylation sites (N-methyl/N-ethyl adjacent to an activating group) is 1. The van der Waals surface area contributed by atoms with Crippen molar-refractivity contribution in [1.82, 2.24) is 24.6 Å². The summed E-state index contributed by atoms with van der Waals surface area (Å²) in [6.45, 7) is 1.49. The van der Waals surface area contributed by atoms with Gasteiger partial charge in [-0.05, 0) is 12.1 Å². The molecule has 3 rings (SSSR count). The largest absolute Gasteiger partial charge is 0.479 e. The lowest BCUT2D eigenvalue weighted by Gasteiger charge is -2.36. The number of alkyl halides is 3. The van der Waals surface area contributed by atoms with Crippen molar-refractivity contribution in [1.29, 1.82) is 0 Å². The van der Waals surface area contributed by atoms with Gasteiger partial charge in [-0.2, -0.15) is 13.2 Å². The number of methoxy groups -OCH3 is 1. The zero-order valence-electron chi connectivity index (χ0n) is 17.4. The van der Waals surface area contributed by atoms with Gasteiger partial charge in [0, 0.05) is 52.7 Å². The van der Waals surface area contributed by atoms with Crippen LogP contribution in [-0.2, 0) is 18.0 Å². The van der Waals surface area contributed by atoms with Crippen LogP contribution in [0.3, 0.4) is 0 Å². The third-order valence-corrected chi connectivity index (χ3v) is 4.97. The molecule has 0 unspecified atom stereocenters. The molecule has 2 amide bonds. The molecule has 0 saturated carbocycles. The summed E-state index contributed by atoms with van der Waals surface area (Å²) in [5, 5.41) is 4.04. The molecule has 168 valence electrons. The van der Waals surface area contributed by atoms with Crippen LogP contribution in [-0.4, -0.2) is 83.3 Å². The van der Waals surface area contributed by atoms with Crippen LogP contribution >= 0.6 is 0 Å². The van der Waals surface area contributed by atoms with Crippen LogP contribution < -0.4 is 9.64 Å². The first-order valence-electron chi connectivity index (χ1n) is 9.49. The summed E-state index contributed by atoms with van der Waals surface area (Å²) in [5.41, 5.74) is -0.540. The first-order valence-corrected chi connectivity index (χ1v) is 9.49. The highest BCUT2D eigenvalue weighted by atomic mass is 19.4. The SMILES string of the molecule is COc1nn(C)cc1C(=O)N(C)CC(=O)N1CCN(c2ccc(C(F)(F)F)cn2)CC1. The summed E-state index contributed by atoms with van der Waals surface area (Å²) < 4.78 is 44.6. The van der Waals surface area contributed by atoms with Crippen molar-refractivity contribution in [2.75, 3.05) is 51.8 Å². The topological polar surface area (TPSA) is 83.8 Å². The molecule has 1 aliphatic heterocycles. The number of aromatic nitrogens is 3. The molecule has 0 atom stereocenters. The summed E-state index contributed by atoms with van der Waals surface area (Å²) in [6.07, 6.45) is -2.10. The maximum absolute atomic E-state index is 12.7. The molecule has 12 heteroatoms. The Morgan fingerprint density at radius 2 is 1.87 bits per heavy atom. The Morgan fingerprint density at radius 3 is 2.42 bits per heavy atom. The Bertz CT molecular complexity index is 936. The average molecular weight is 440 g/mol. The molecular weight excluding hydrogens is 417 g/mol. The maximum Gasteiger partial charge on any atom is 0.417 e. The number of pyridine rings is 1. The standard InChI is InChI=1S/C19H23F3N6O3/c1-25(18(30)14-11-26(2)24-17(14)31-3)12-16(29)28-8-6-27(7-9-28)15-5-4-13(10-23-15)19(20,21)22/h4-5,10-11H,6-9,12H2,1-3H3. The Hall–Kier alpha value is -3.31. The summed E-state index contributed by atoms with van der Waals surface area (Å²) in [7, 11) is 4.60. The highest BCUT2D eigenvalue weighted by Gasteiger charge is 2.31. The first kappa shape index (κ1) is 22.4. The minimum Gasteiger partial charge on any atom is -0.479 e. The molecule has 0 spiro atoms. The molecule has 2 aromatic rings. The lowest BCUT2D eigenvalue weighted by Crippen LogP contribution is -2.51. The Balaban J connectivity index is 1.54. The summed E-state index contributed by atoms with van der Waals surface area (Å²) in [6, 6.07) is 2.32. The van der Waals surface area contributed by atoms with Crippen LogP contribution in [0.1, 0.15) is 15.9 Å². The lowest BCUT2D eigenvalue weighted by molar-refractivity contribution is -0.137. The molecule has 0 aromatic carbocycles. The number of carbonyl (C=O) groups excluding carboxylic acids is 2. The number of nitrogens with zero attached hydrogens (tertiary/aromatic N) is 6. The van der Waals surface area contributed by atoms with Crippen LogP contribution in [0.4, 0.5) is 19.0 Å². The van der Waals surface area contributed by atoms with Crippen molar-refractivity contribution < 1.29 is 27.5 Å². The summed E-state index contributed by atoms with van der Waals surface area (Å²) in [4.78, 5) is 33.9. The van der Waals surface area contributed by atoms with Gasteiger partial charge in [0.25, 0.3) is 5.91 Å². The van der Waals surface area contributed by atoms with Gasteiger partial charge in [-0.25, -0.2) is 4.98 Å². The zero-order valence-corrected chi connectivity index (χ0v) is 17.4. The van der Waals surface area contributed by atoms with Crippen LogP contribution in [0.25, 0.3) is 0 Å². The second kappa shape index (κ2) is 8.82. The van der Waals surface area contributed by atoms with Gasteiger partial charge < -0.3 is 19.4 Å². The molecule has 31 heavy (non-hydrogen) atoms. The number of aryl methyl sites for hydroxylation is 1. The van der Waals surface area contributed by atoms with E-state index in [1.54, 1.807) is 11.9 Å². The Kier molecular flexibility index (Phi) is 6.37. The van der Waals surface area contributed by atoms with Crippen molar-refractivity contribution in [2.24, 2.45) is 7.05 Å². The Labute approximate surface area is 177 Å². The molecule has 9 nitrogen and oxygen atoms in total. The van der Waals surface area contributed by atoms with Gasteiger partial charge in [0.15, 0.2) is 0 Å². The zero-order chi connectivity index (χ0) is 22.8. The van der Waals surface area contributed by atoms with Crippen molar-refractivity contribution in [3.63, 3.8) is 0 Å². The second-order valence-electron chi connectivity index (χ2n) is 7.16. The highest BCUT2D eigenvalue weighted by Crippen LogP contribution is 2.29. The summed E-state index contributed by atoms with van der Waals surface area (Å²) in [5.74, 6) is 0.00477. The first-order chi connectivity index (χ1) is 14.6. The molecule has 0 N–H and O–H groups in total. The van der Waals surface area contributed by atoms with Crippen LogP contribution in [0.15, 0.2) is 24.5 Å². The van der Waals surface area contributed by atoms with Crippen LogP contribution in [0.2, 0.25) is 0 Å². The van der Waals surface area contributed by atoms with E-state index in [9.17, 15) is 22.8 Å². The quantitative estimate of drug-likeness (QED) is 0.696. The molecular formula is C19H23F3N6O3. The van der Waals surface area contributed by atoms with Gasteiger partial charge in [-0.3, -0.25) is 14.3 Å². The van der Waals surface area contributed by atoms with Gasteiger partial charge in [-0.15, -0.1) is 5.10 Å². The van der Waals surface area contributed by atoms with E-state index in [1.165, 1.54) is 36.0 Å². The van der Waals surface area contributed by atoms with Gasteiger partial charge in [0.05, 0.1) is 19.2 Å². The highest BCUT2D eigenvalue weighted by molar-refractivity contribution is 5.98. The predicted octanol–water partition coefficient (Wildman–Crippen LogP) is 1.26. The maximum atomic E-state index is 12.7. The summed E-state index contributed by atoms with van der Waals surface area (Å²) >= 11 is 0. The number of halogens is 3. The van der Waals surface area contributed by atoms with Crippen LogP contribution in [0, 0.1) is 0 Å². The third-order valence-electron chi connectivity index (χ3n) is 4.97. The minimum atomic E-state index is -4.43. The van der Waals surface area contributed by atoms with Crippen LogP contribution in [0.5, 0.6) is 5.88 Å². The molecule has 0 bridgehead atoms. The predicted molar refractivity (Wildman–Crippen MR) is 105 cm³/mol. The molecule has 2 aromatic heterocycles. The van der Waals surface area contributed by atoms with Crippen molar-refractivity contribution >= 4 is 17.6 Å². The smallest absolute Gasteiger partial charge is 0.417 e. The number of carbonyl (C=O) groups is 2. The molecule has 1 aliphatic rings. The van der Waals surface area contributed by atoms with Gasteiger partial charge in [0.1, 0.15) is 11.4 Å². The van der Waals surface area contributed by atoms with E-state index in [4.69, 9.17) is 4.74 Å². The molecule has 1 saturated heterocycles. The van der Waals surface area contributed by atoms with Crippen molar-refractivity contribution in [3.05, 3.63) is 35.7 Å². The molecule has 0 radical (unpaired) electrons. The molecule has 0 aliphatic carbocycles. The number of rotatable bonds is 5. The van der Waals surface area contributed by atoms with E-state index in [2.05, 4.69) is 10.1 Å². The molecule has 1 fully saturated rings. The fraction of sp³-hybridized carbons (Fsp3) is 0.474. The van der Waals surface area contributed by atoms with E-state index in [1.807, 2.05) is 4.90 Å². The fourth-order valence-electron chi connectivity index (χ4n) is 3.27. The van der Waals surface area contributed by atoms with Gasteiger partial charge in [-0.1, -0.05) is 0 Å². The minimum absolute atomic E-state index is 0.116. The van der Waals surface area contributed by atoms with E-state index in [0.717, 1.165) is 12.3 Å². The number of piperazine rings is 1. The van der Waals surface area contributed by atoms with E-state index in [0.29, 0.717) is 32.0 Å². The van der Waals surface area contributed by atoms with E-state index in [-0.39, 0.29) is 29.8 Å². The molecule has 3 heterocycles. The number of amides is 2. The van der Waals surface area contributed by atoms with Crippen molar-refractivity contribution in [2.45, 2.75) is 6.18 Å². The second-order valence-corrected chi connectivity index (χ2v) is 7.16. The van der Waals surface area contributed by atoms with E-state index >= 15 is 0 Å². The van der Waals surface area contributed by atoms with Crippen molar-refractivity contribution in [3.8, 4) is 5.88 Å². The Morgan fingerprint density at radius 1 is 1.19 bits per heavy atom. The fourth-order valence-corrected chi connectivity index (χ4v) is 3.27. The lowest BCUT2D eigenvalue weighted by atomic mass is 10.2. The van der Waals surface area contributed by atoms with E-state index < -0.39 is 11.7 Å².